The first kappa shape index (κ1) is 20.0. The zero-order chi connectivity index (χ0) is 19.1. The molecule has 1 aliphatic rings. The number of ether oxygens (including phenoxy) is 1. The molecule has 0 aromatic heterocycles. The number of ketones is 2. The van der Waals surface area contributed by atoms with Gasteiger partial charge in [0.25, 0.3) is 0 Å². The van der Waals surface area contributed by atoms with E-state index >= 15 is 0 Å². The summed E-state index contributed by atoms with van der Waals surface area (Å²) in [5, 5.41) is 9.97. The molecule has 0 amide bonds. The van der Waals surface area contributed by atoms with Gasteiger partial charge in [0, 0.05) is 18.4 Å². The monoisotopic (exact) mass is 358 g/mol. The fraction of sp³-hybridized carbons (Fsp3) is 0.476. The van der Waals surface area contributed by atoms with Gasteiger partial charge in [-0.15, -0.1) is 0 Å². The Balaban J connectivity index is 2.33. The molecule has 1 aromatic rings. The Morgan fingerprint density at radius 1 is 1.23 bits per heavy atom. The van der Waals surface area contributed by atoms with E-state index in [1.54, 1.807) is 12.1 Å². The lowest BCUT2D eigenvalue weighted by atomic mass is 9.92. The Kier molecular flexibility index (Phi) is 7.27. The van der Waals surface area contributed by atoms with Crippen LogP contribution in [0.2, 0.25) is 0 Å². The van der Waals surface area contributed by atoms with Crippen molar-refractivity contribution in [2.24, 2.45) is 5.92 Å². The first-order valence-corrected chi connectivity index (χ1v) is 9.05. The summed E-state index contributed by atoms with van der Waals surface area (Å²) >= 11 is 0. The number of hydrogen-bond donors (Lipinski definition) is 1. The van der Waals surface area contributed by atoms with Crippen molar-refractivity contribution >= 4 is 17.5 Å². The second-order valence-electron chi connectivity index (χ2n) is 6.76. The number of aliphatic hydroxyl groups excluding tert-OH is 1. The second kappa shape index (κ2) is 9.43. The standard InChI is InChI=1S/C21H26O5/c1-3-15-8-4-5-9-16-10-6-7-11-18(16)20(26-21(15)25)19(24)13-17(23)12-14(2)22/h4-7,10-11,15,17,20,23H,3,8-9,12-13H2,1-2H3/b5-4-/t15-,17-,20-/m1/s1. The van der Waals surface area contributed by atoms with Crippen LogP contribution in [0.4, 0.5) is 0 Å². The maximum Gasteiger partial charge on any atom is 0.310 e. The summed E-state index contributed by atoms with van der Waals surface area (Å²) in [6.07, 6.45) is 3.39. The van der Waals surface area contributed by atoms with E-state index in [1.807, 2.05) is 31.2 Å². The lowest BCUT2D eigenvalue weighted by Crippen LogP contribution is -2.28. The van der Waals surface area contributed by atoms with E-state index < -0.39 is 18.2 Å². The molecule has 5 nitrogen and oxygen atoms in total. The molecule has 1 N–H and O–H groups in total. The number of carbonyl (C=O) groups is 3. The molecule has 0 radical (unpaired) electrons. The summed E-state index contributed by atoms with van der Waals surface area (Å²) in [5.41, 5.74) is 1.55. The highest BCUT2D eigenvalue weighted by molar-refractivity contribution is 5.88. The van der Waals surface area contributed by atoms with E-state index in [2.05, 4.69) is 0 Å². The molecule has 0 unspecified atom stereocenters. The van der Waals surface area contributed by atoms with Crippen molar-refractivity contribution in [2.75, 3.05) is 0 Å². The van der Waals surface area contributed by atoms with Crippen LogP contribution < -0.4 is 0 Å². The van der Waals surface area contributed by atoms with Crippen LogP contribution >= 0.6 is 0 Å². The van der Waals surface area contributed by atoms with Gasteiger partial charge in [-0.25, -0.2) is 0 Å². The van der Waals surface area contributed by atoms with E-state index in [1.165, 1.54) is 6.92 Å². The van der Waals surface area contributed by atoms with Crippen molar-refractivity contribution in [1.29, 1.82) is 0 Å². The summed E-state index contributed by atoms with van der Waals surface area (Å²) in [6, 6.07) is 7.35. The summed E-state index contributed by atoms with van der Waals surface area (Å²) in [7, 11) is 0. The Morgan fingerprint density at radius 2 is 1.96 bits per heavy atom. The third-order valence-corrected chi connectivity index (χ3v) is 4.58. The minimum absolute atomic E-state index is 0.0889. The number of allylic oxidation sites excluding steroid dienone is 2. The maximum absolute atomic E-state index is 12.8. The fourth-order valence-corrected chi connectivity index (χ4v) is 3.13. The average Bonchev–Trinajstić information content (AvgIpc) is 2.59. The highest BCUT2D eigenvalue weighted by Crippen LogP contribution is 2.28. The van der Waals surface area contributed by atoms with Crippen LogP contribution in [0.25, 0.3) is 0 Å². The number of cyclic esters (lactones) is 1. The van der Waals surface area contributed by atoms with Gasteiger partial charge >= 0.3 is 5.97 Å². The Bertz CT molecular complexity index is 691. The lowest BCUT2D eigenvalue weighted by molar-refractivity contribution is -0.160. The second-order valence-corrected chi connectivity index (χ2v) is 6.76. The molecule has 140 valence electrons. The first-order valence-electron chi connectivity index (χ1n) is 9.05. The van der Waals surface area contributed by atoms with Gasteiger partial charge in [-0.1, -0.05) is 43.3 Å². The predicted molar refractivity (Wildman–Crippen MR) is 97.4 cm³/mol. The molecule has 2 rings (SSSR count). The van der Waals surface area contributed by atoms with Gasteiger partial charge in [-0.2, -0.15) is 0 Å². The average molecular weight is 358 g/mol. The molecule has 3 atom stereocenters. The first-order chi connectivity index (χ1) is 12.4. The third kappa shape index (κ3) is 5.36. The Labute approximate surface area is 154 Å². The number of hydrogen-bond acceptors (Lipinski definition) is 5. The molecule has 5 heteroatoms. The number of benzene rings is 1. The largest absolute Gasteiger partial charge is 0.449 e. The number of Topliss-reactive ketones (excluding diaryl/α,β-unsaturated/α-hetero) is 2. The van der Waals surface area contributed by atoms with Crippen LogP contribution in [0.5, 0.6) is 0 Å². The van der Waals surface area contributed by atoms with E-state index in [-0.39, 0.29) is 30.3 Å². The molecular formula is C21H26O5. The molecule has 1 aliphatic heterocycles. The van der Waals surface area contributed by atoms with Crippen LogP contribution in [-0.2, 0) is 25.5 Å². The van der Waals surface area contributed by atoms with Crippen molar-refractivity contribution in [3.8, 4) is 0 Å². The van der Waals surface area contributed by atoms with Gasteiger partial charge in [0.15, 0.2) is 11.9 Å². The molecule has 0 aliphatic carbocycles. The molecule has 0 saturated heterocycles. The van der Waals surface area contributed by atoms with Crippen molar-refractivity contribution in [3.05, 3.63) is 47.5 Å². The molecule has 0 bridgehead atoms. The minimum atomic E-state index is -1.07. The zero-order valence-electron chi connectivity index (χ0n) is 15.3. The number of esters is 1. The third-order valence-electron chi connectivity index (χ3n) is 4.58. The van der Waals surface area contributed by atoms with Gasteiger partial charge in [0.1, 0.15) is 5.78 Å². The van der Waals surface area contributed by atoms with Gasteiger partial charge in [0.2, 0.25) is 0 Å². The molecule has 1 heterocycles. The van der Waals surface area contributed by atoms with E-state index in [9.17, 15) is 19.5 Å². The molecule has 0 fully saturated rings. The summed E-state index contributed by atoms with van der Waals surface area (Å²) in [4.78, 5) is 36.5. The van der Waals surface area contributed by atoms with Crippen LogP contribution in [0.15, 0.2) is 36.4 Å². The van der Waals surface area contributed by atoms with E-state index in [0.717, 1.165) is 5.56 Å². The molecule has 0 spiro atoms. The summed E-state index contributed by atoms with van der Waals surface area (Å²) in [5.74, 6) is -1.29. The van der Waals surface area contributed by atoms with E-state index in [4.69, 9.17) is 4.74 Å². The summed E-state index contributed by atoms with van der Waals surface area (Å²) < 4.78 is 5.61. The van der Waals surface area contributed by atoms with Gasteiger partial charge in [-0.05, 0) is 31.7 Å². The Hall–Kier alpha value is -2.27. The van der Waals surface area contributed by atoms with Crippen molar-refractivity contribution in [2.45, 2.75) is 58.2 Å². The lowest BCUT2D eigenvalue weighted by Gasteiger charge is -2.24. The van der Waals surface area contributed by atoms with Crippen molar-refractivity contribution in [1.82, 2.24) is 0 Å². The SMILES string of the molecule is CC[C@@H]1C/C=C\Cc2ccccc2[C@H](C(=O)C[C@H](O)CC(C)=O)OC1=O. The zero-order valence-corrected chi connectivity index (χ0v) is 15.3. The molecular weight excluding hydrogens is 332 g/mol. The number of rotatable bonds is 6. The van der Waals surface area contributed by atoms with Crippen LogP contribution in [0.1, 0.15) is 56.8 Å². The van der Waals surface area contributed by atoms with Gasteiger partial charge in [0.05, 0.1) is 12.0 Å². The maximum atomic E-state index is 12.8. The van der Waals surface area contributed by atoms with Gasteiger partial charge in [-0.3, -0.25) is 14.4 Å². The topological polar surface area (TPSA) is 80.7 Å². The summed E-state index contributed by atoms with van der Waals surface area (Å²) in [6.45, 7) is 3.28. The smallest absolute Gasteiger partial charge is 0.310 e. The Morgan fingerprint density at radius 3 is 2.65 bits per heavy atom. The number of carbonyl (C=O) groups excluding carboxylic acids is 3. The van der Waals surface area contributed by atoms with Crippen LogP contribution in [0, 0.1) is 5.92 Å². The number of fused-ring (bicyclic) bond motifs is 1. The van der Waals surface area contributed by atoms with Crippen LogP contribution in [-0.4, -0.2) is 28.7 Å². The normalized spacial score (nSPS) is 22.7. The molecule has 1 aromatic carbocycles. The van der Waals surface area contributed by atoms with E-state index in [0.29, 0.717) is 24.8 Å². The van der Waals surface area contributed by atoms with Crippen LogP contribution in [0.3, 0.4) is 0 Å². The predicted octanol–water partition coefficient (Wildman–Crippen LogP) is 3.10. The highest BCUT2D eigenvalue weighted by Gasteiger charge is 2.31. The highest BCUT2D eigenvalue weighted by atomic mass is 16.5. The minimum Gasteiger partial charge on any atom is -0.449 e. The fourth-order valence-electron chi connectivity index (χ4n) is 3.13. The number of aliphatic hydroxyl groups is 1. The van der Waals surface area contributed by atoms with Crippen molar-refractivity contribution in [3.63, 3.8) is 0 Å². The van der Waals surface area contributed by atoms with Gasteiger partial charge < -0.3 is 9.84 Å². The molecule has 26 heavy (non-hydrogen) atoms. The molecule has 0 saturated carbocycles. The quantitative estimate of drug-likeness (QED) is 0.624. The van der Waals surface area contributed by atoms with Crippen molar-refractivity contribution < 1.29 is 24.2 Å².